The molecule has 2 nitrogen and oxygen atoms in total. The third-order valence-electron chi connectivity index (χ3n) is 1.97. The largest absolute Gasteiger partial charge is 0.433 e. The first kappa shape index (κ1) is 12.0. The fourth-order valence-electron chi connectivity index (χ4n) is 1.12. The minimum absolute atomic E-state index is 0.452. The second-order valence-electron chi connectivity index (χ2n) is 3.44. The first-order valence-corrected chi connectivity index (χ1v) is 4.60. The highest BCUT2D eigenvalue weighted by Crippen LogP contribution is 2.27. The highest BCUT2D eigenvalue weighted by atomic mass is 19.4. The summed E-state index contributed by atoms with van der Waals surface area (Å²) in [6.07, 6.45) is -2.59. The molecular formula is C10H12F3NO. The predicted molar refractivity (Wildman–Crippen MR) is 49.2 cm³/mol. The van der Waals surface area contributed by atoms with Gasteiger partial charge in [-0.3, -0.25) is 4.98 Å². The molecule has 0 radical (unpaired) electrons. The van der Waals surface area contributed by atoms with Crippen LogP contribution in [-0.4, -0.2) is 16.2 Å². The van der Waals surface area contributed by atoms with Gasteiger partial charge >= 0.3 is 6.18 Å². The van der Waals surface area contributed by atoms with Crippen LogP contribution < -0.4 is 0 Å². The Morgan fingerprint density at radius 1 is 1.40 bits per heavy atom. The Morgan fingerprint density at radius 3 is 2.47 bits per heavy atom. The zero-order valence-corrected chi connectivity index (χ0v) is 8.25. The molecule has 0 aromatic carbocycles. The van der Waals surface area contributed by atoms with Crippen LogP contribution in [0.1, 0.15) is 24.6 Å². The van der Waals surface area contributed by atoms with Gasteiger partial charge in [0, 0.05) is 6.20 Å². The van der Waals surface area contributed by atoms with Gasteiger partial charge in [0.25, 0.3) is 0 Å². The molecule has 1 aromatic heterocycles. The Morgan fingerprint density at radius 2 is 2.07 bits per heavy atom. The van der Waals surface area contributed by atoms with Gasteiger partial charge in [-0.1, -0.05) is 6.07 Å². The SMILES string of the molecule is C[C@H](O)CCc1ccc(C(F)(F)F)nc1. The second kappa shape index (κ2) is 4.61. The van der Waals surface area contributed by atoms with Gasteiger partial charge in [0.15, 0.2) is 0 Å². The number of rotatable bonds is 3. The summed E-state index contributed by atoms with van der Waals surface area (Å²) in [6.45, 7) is 1.64. The molecule has 0 saturated heterocycles. The zero-order valence-electron chi connectivity index (χ0n) is 8.25. The molecule has 0 fully saturated rings. The Balaban J connectivity index is 2.65. The molecule has 84 valence electrons. The van der Waals surface area contributed by atoms with E-state index in [-0.39, 0.29) is 0 Å². The number of nitrogens with zero attached hydrogens (tertiary/aromatic N) is 1. The normalized spacial score (nSPS) is 13.9. The fraction of sp³-hybridized carbons (Fsp3) is 0.500. The van der Waals surface area contributed by atoms with E-state index in [2.05, 4.69) is 4.98 Å². The third kappa shape index (κ3) is 3.87. The first-order chi connectivity index (χ1) is 6.89. The van der Waals surface area contributed by atoms with Gasteiger partial charge in [-0.05, 0) is 31.4 Å². The predicted octanol–water partition coefficient (Wildman–Crippen LogP) is 2.41. The maximum absolute atomic E-state index is 12.1. The first-order valence-electron chi connectivity index (χ1n) is 4.60. The van der Waals surface area contributed by atoms with Gasteiger partial charge in [-0.15, -0.1) is 0 Å². The highest BCUT2D eigenvalue weighted by Gasteiger charge is 2.31. The van der Waals surface area contributed by atoms with Crippen molar-refractivity contribution < 1.29 is 18.3 Å². The van der Waals surface area contributed by atoms with Crippen molar-refractivity contribution in [2.45, 2.75) is 32.0 Å². The van der Waals surface area contributed by atoms with Crippen molar-refractivity contribution >= 4 is 0 Å². The maximum atomic E-state index is 12.1. The van der Waals surface area contributed by atoms with Crippen LogP contribution in [0.2, 0.25) is 0 Å². The molecule has 5 heteroatoms. The second-order valence-corrected chi connectivity index (χ2v) is 3.44. The van der Waals surface area contributed by atoms with E-state index in [0.717, 1.165) is 6.07 Å². The van der Waals surface area contributed by atoms with Gasteiger partial charge in [0.1, 0.15) is 5.69 Å². The van der Waals surface area contributed by atoms with Crippen LogP contribution in [0.3, 0.4) is 0 Å². The van der Waals surface area contributed by atoms with Gasteiger partial charge in [0.2, 0.25) is 0 Å². The van der Waals surface area contributed by atoms with Crippen molar-refractivity contribution in [1.29, 1.82) is 0 Å². The van der Waals surface area contributed by atoms with Gasteiger partial charge < -0.3 is 5.11 Å². The van der Waals surface area contributed by atoms with E-state index < -0.39 is 18.0 Å². The maximum Gasteiger partial charge on any atom is 0.433 e. The number of halogens is 3. The molecular weight excluding hydrogens is 207 g/mol. The molecule has 0 aliphatic heterocycles. The Labute approximate surface area is 85.8 Å². The lowest BCUT2D eigenvalue weighted by Gasteiger charge is -2.07. The van der Waals surface area contributed by atoms with Crippen molar-refractivity contribution in [3.63, 3.8) is 0 Å². The summed E-state index contributed by atoms with van der Waals surface area (Å²) >= 11 is 0. The topological polar surface area (TPSA) is 33.1 Å². The summed E-state index contributed by atoms with van der Waals surface area (Å²) in [4.78, 5) is 3.32. The van der Waals surface area contributed by atoms with Crippen LogP contribution in [0, 0.1) is 0 Å². The van der Waals surface area contributed by atoms with E-state index in [4.69, 9.17) is 5.11 Å². The van der Waals surface area contributed by atoms with E-state index in [9.17, 15) is 13.2 Å². The molecule has 0 saturated carbocycles. The number of hydrogen-bond donors (Lipinski definition) is 1. The van der Waals surface area contributed by atoms with E-state index in [1.54, 1.807) is 6.92 Å². The van der Waals surface area contributed by atoms with E-state index in [1.807, 2.05) is 0 Å². The van der Waals surface area contributed by atoms with Crippen LogP contribution in [0.5, 0.6) is 0 Å². The number of aliphatic hydroxyl groups is 1. The lowest BCUT2D eigenvalue weighted by molar-refractivity contribution is -0.141. The van der Waals surface area contributed by atoms with Crippen molar-refractivity contribution in [1.82, 2.24) is 4.98 Å². The molecule has 1 rings (SSSR count). The van der Waals surface area contributed by atoms with Crippen molar-refractivity contribution in [2.75, 3.05) is 0 Å². The van der Waals surface area contributed by atoms with Crippen molar-refractivity contribution in [3.05, 3.63) is 29.6 Å². The van der Waals surface area contributed by atoms with Crippen LogP contribution in [0.4, 0.5) is 13.2 Å². The molecule has 0 amide bonds. The Kier molecular flexibility index (Phi) is 3.68. The molecule has 0 aliphatic carbocycles. The number of pyridine rings is 1. The zero-order chi connectivity index (χ0) is 11.5. The summed E-state index contributed by atoms with van der Waals surface area (Å²) in [6, 6.07) is 2.34. The smallest absolute Gasteiger partial charge is 0.393 e. The summed E-state index contributed by atoms with van der Waals surface area (Å²) in [5.41, 5.74) is -0.188. The van der Waals surface area contributed by atoms with Crippen LogP contribution >= 0.6 is 0 Å². The van der Waals surface area contributed by atoms with E-state index in [0.29, 0.717) is 18.4 Å². The summed E-state index contributed by atoms with van der Waals surface area (Å²) in [5, 5.41) is 9.00. The van der Waals surface area contributed by atoms with E-state index in [1.165, 1.54) is 12.3 Å². The van der Waals surface area contributed by atoms with Crippen molar-refractivity contribution in [3.8, 4) is 0 Å². The molecule has 0 spiro atoms. The third-order valence-corrected chi connectivity index (χ3v) is 1.97. The summed E-state index contributed by atoms with van der Waals surface area (Å²) in [7, 11) is 0. The standard InChI is InChI=1S/C10H12F3NO/c1-7(15)2-3-8-4-5-9(14-6-8)10(11,12)13/h4-7,15H,2-3H2,1H3/t7-/m0/s1. The number of alkyl halides is 3. The quantitative estimate of drug-likeness (QED) is 0.846. The van der Waals surface area contributed by atoms with Crippen LogP contribution in [0.15, 0.2) is 18.3 Å². The average Bonchev–Trinajstić information content (AvgIpc) is 2.14. The minimum atomic E-state index is -4.39. The van der Waals surface area contributed by atoms with Crippen LogP contribution in [0.25, 0.3) is 0 Å². The Bertz CT molecular complexity index is 305. The number of hydrogen-bond acceptors (Lipinski definition) is 2. The molecule has 1 atom stereocenters. The Hall–Kier alpha value is -1.10. The molecule has 0 unspecified atom stereocenters. The fourth-order valence-corrected chi connectivity index (χ4v) is 1.12. The molecule has 0 aliphatic rings. The van der Waals surface area contributed by atoms with Crippen LogP contribution in [-0.2, 0) is 12.6 Å². The molecule has 1 heterocycles. The highest BCUT2D eigenvalue weighted by molar-refractivity contribution is 5.16. The lowest BCUT2D eigenvalue weighted by atomic mass is 10.1. The lowest BCUT2D eigenvalue weighted by Crippen LogP contribution is -2.08. The van der Waals surface area contributed by atoms with E-state index >= 15 is 0 Å². The number of aryl methyl sites for hydroxylation is 1. The van der Waals surface area contributed by atoms with Gasteiger partial charge in [-0.25, -0.2) is 0 Å². The number of aliphatic hydroxyl groups excluding tert-OH is 1. The monoisotopic (exact) mass is 219 g/mol. The molecule has 0 bridgehead atoms. The minimum Gasteiger partial charge on any atom is -0.393 e. The van der Waals surface area contributed by atoms with Crippen molar-refractivity contribution in [2.24, 2.45) is 0 Å². The molecule has 1 aromatic rings. The summed E-state index contributed by atoms with van der Waals surface area (Å²) in [5.74, 6) is 0. The average molecular weight is 219 g/mol. The summed E-state index contributed by atoms with van der Waals surface area (Å²) < 4.78 is 36.4. The van der Waals surface area contributed by atoms with Gasteiger partial charge in [0.05, 0.1) is 6.10 Å². The molecule has 1 N–H and O–H groups in total. The van der Waals surface area contributed by atoms with Gasteiger partial charge in [-0.2, -0.15) is 13.2 Å². The molecule has 15 heavy (non-hydrogen) atoms. The number of aromatic nitrogens is 1.